The molecule has 3 aromatic rings. The number of hydrogen-bond acceptors (Lipinski definition) is 4. The smallest absolute Gasteiger partial charge is 0.242 e. The van der Waals surface area contributed by atoms with Crippen molar-refractivity contribution in [2.45, 2.75) is 51.2 Å². The summed E-state index contributed by atoms with van der Waals surface area (Å²) in [6, 6.07) is 11.3. The first-order valence-corrected chi connectivity index (χ1v) is 13.9. The molecule has 1 saturated heterocycles. The average molecular weight is 539 g/mol. The van der Waals surface area contributed by atoms with Crippen molar-refractivity contribution < 1.29 is 18.4 Å². The zero-order chi connectivity index (χ0) is 27.2. The van der Waals surface area contributed by atoms with Crippen LogP contribution < -0.4 is 4.90 Å². The number of rotatable bonds is 4. The minimum atomic E-state index is -0.676. The molecule has 38 heavy (non-hydrogen) atoms. The second-order valence-corrected chi connectivity index (χ2v) is 12.1. The largest absolute Gasteiger partial charge is 0.341 e. The van der Waals surface area contributed by atoms with Crippen LogP contribution in [-0.2, 0) is 15.0 Å². The van der Waals surface area contributed by atoms with Gasteiger partial charge in [0.25, 0.3) is 0 Å². The molecule has 1 aromatic heterocycles. The van der Waals surface area contributed by atoms with Gasteiger partial charge < -0.3 is 4.90 Å². The van der Waals surface area contributed by atoms with Gasteiger partial charge in [-0.25, -0.2) is 13.5 Å². The zero-order valence-electron chi connectivity index (χ0n) is 22.1. The van der Waals surface area contributed by atoms with Crippen LogP contribution in [-0.4, -0.2) is 51.9 Å². The Morgan fingerprint density at radius 2 is 1.76 bits per heavy atom. The van der Waals surface area contributed by atoms with Crippen molar-refractivity contribution in [1.82, 2.24) is 14.7 Å². The number of anilines is 1. The van der Waals surface area contributed by atoms with Crippen molar-refractivity contribution in [2.24, 2.45) is 0 Å². The molecule has 2 aliphatic heterocycles. The Morgan fingerprint density at radius 1 is 1.08 bits per heavy atom. The number of carbonyl (C=O) groups is 2. The van der Waals surface area contributed by atoms with E-state index < -0.39 is 22.3 Å². The van der Waals surface area contributed by atoms with Gasteiger partial charge in [-0.05, 0) is 38.0 Å². The highest BCUT2D eigenvalue weighted by Gasteiger charge is 2.41. The highest BCUT2D eigenvalue weighted by molar-refractivity contribution is 8.00. The number of aryl methyl sites for hydroxylation is 1. The van der Waals surface area contributed by atoms with Gasteiger partial charge in [0.1, 0.15) is 24.0 Å². The van der Waals surface area contributed by atoms with Crippen LogP contribution in [0.5, 0.6) is 0 Å². The summed E-state index contributed by atoms with van der Waals surface area (Å²) in [6.07, 6.45) is 1.89. The lowest BCUT2D eigenvalue weighted by Gasteiger charge is -2.26. The second-order valence-electron chi connectivity index (χ2n) is 11.0. The predicted octanol–water partition coefficient (Wildman–Crippen LogP) is 5.55. The van der Waals surface area contributed by atoms with Crippen LogP contribution in [0.2, 0.25) is 0 Å². The maximum Gasteiger partial charge on any atom is 0.242 e. The van der Waals surface area contributed by atoms with Crippen molar-refractivity contribution in [1.29, 1.82) is 0 Å². The molecule has 6 nitrogen and oxygen atoms in total. The molecule has 1 fully saturated rings. The van der Waals surface area contributed by atoms with Crippen LogP contribution in [0.3, 0.4) is 0 Å². The van der Waals surface area contributed by atoms with Crippen molar-refractivity contribution in [2.75, 3.05) is 30.3 Å². The van der Waals surface area contributed by atoms with Crippen molar-refractivity contribution in [3.05, 3.63) is 76.5 Å². The van der Waals surface area contributed by atoms with Crippen molar-refractivity contribution >= 4 is 29.4 Å². The Morgan fingerprint density at radius 3 is 2.39 bits per heavy atom. The van der Waals surface area contributed by atoms with E-state index in [0.29, 0.717) is 30.2 Å². The summed E-state index contributed by atoms with van der Waals surface area (Å²) in [5.74, 6) is -1.19. The number of thioether (sulfide) groups is 1. The molecule has 5 rings (SSSR count). The van der Waals surface area contributed by atoms with Gasteiger partial charge in [-0.1, -0.05) is 44.5 Å². The molecule has 200 valence electrons. The molecule has 0 spiro atoms. The van der Waals surface area contributed by atoms with Gasteiger partial charge in [0.05, 0.1) is 22.4 Å². The first kappa shape index (κ1) is 26.4. The summed E-state index contributed by atoms with van der Waals surface area (Å²) in [6.45, 7) is 9.28. The van der Waals surface area contributed by atoms with E-state index in [1.54, 1.807) is 9.58 Å². The predicted molar refractivity (Wildman–Crippen MR) is 146 cm³/mol. The number of likely N-dealkylation sites (tertiary alicyclic amines) is 1. The molecule has 0 saturated carbocycles. The van der Waals surface area contributed by atoms with Crippen LogP contribution in [0.25, 0.3) is 5.69 Å². The molecule has 9 heteroatoms. The van der Waals surface area contributed by atoms with E-state index >= 15 is 4.39 Å². The monoisotopic (exact) mass is 538 g/mol. The second kappa shape index (κ2) is 10.2. The van der Waals surface area contributed by atoms with Crippen LogP contribution in [0, 0.1) is 18.6 Å². The highest BCUT2D eigenvalue weighted by Crippen LogP contribution is 2.49. The molecule has 0 bridgehead atoms. The molecule has 0 radical (unpaired) electrons. The quantitative estimate of drug-likeness (QED) is 0.437. The lowest BCUT2D eigenvalue weighted by atomic mass is 9.87. The maximum atomic E-state index is 15.2. The molecule has 1 atom stereocenters. The molecule has 2 aliphatic rings. The van der Waals surface area contributed by atoms with E-state index in [0.717, 1.165) is 30.2 Å². The van der Waals surface area contributed by atoms with Gasteiger partial charge in [0.15, 0.2) is 0 Å². The van der Waals surface area contributed by atoms with Crippen LogP contribution in [0.15, 0.2) is 42.5 Å². The molecule has 3 heterocycles. The summed E-state index contributed by atoms with van der Waals surface area (Å²) < 4.78 is 30.8. The molecule has 1 unspecified atom stereocenters. The van der Waals surface area contributed by atoms with E-state index in [1.165, 1.54) is 28.8 Å². The third-order valence-corrected chi connectivity index (χ3v) is 8.31. The normalized spacial score (nSPS) is 18.1. The van der Waals surface area contributed by atoms with Gasteiger partial charge in [-0.15, -0.1) is 11.8 Å². The Balaban J connectivity index is 1.76. The fourth-order valence-electron chi connectivity index (χ4n) is 5.10. The number of amides is 2. The molecule has 0 N–H and O–H groups in total. The number of carbonyl (C=O) groups excluding carboxylic acids is 2. The molecule has 2 amide bonds. The fourth-order valence-corrected chi connectivity index (χ4v) is 6.32. The third kappa shape index (κ3) is 4.96. The van der Waals surface area contributed by atoms with Crippen molar-refractivity contribution in [3.63, 3.8) is 0 Å². The highest BCUT2D eigenvalue weighted by atomic mass is 32.2. The summed E-state index contributed by atoms with van der Waals surface area (Å²) in [5, 5.41) is 4.39. The van der Waals surface area contributed by atoms with E-state index in [1.807, 2.05) is 52.0 Å². The fraction of sp³-hybridized carbons (Fsp3) is 0.414. The van der Waals surface area contributed by atoms with Gasteiger partial charge >= 0.3 is 0 Å². The number of nitrogens with zero attached hydrogens (tertiary/aromatic N) is 4. The van der Waals surface area contributed by atoms with Crippen LogP contribution in [0.4, 0.5) is 14.6 Å². The summed E-state index contributed by atoms with van der Waals surface area (Å²) in [5.41, 5.74) is 3.00. The molecule has 0 aliphatic carbocycles. The lowest BCUT2D eigenvalue weighted by Crippen LogP contribution is -2.43. The summed E-state index contributed by atoms with van der Waals surface area (Å²) in [7, 11) is 0. The standard InChI is InChI=1S/C29H32F2N4O2S/c1-18-7-10-20(11-8-18)35-28-25(27(32-35)29(2,3)4)26(21-12-9-19(30)15-22(21)31)38-17-24(37)34(28)16-23(36)33-13-5-6-14-33/h7-12,15,26H,5-6,13-14,16-17H2,1-4H3. The zero-order valence-corrected chi connectivity index (χ0v) is 22.9. The average Bonchev–Trinajstić information content (AvgIpc) is 3.50. The molecular weight excluding hydrogens is 506 g/mol. The Hall–Kier alpha value is -3.20. The third-order valence-electron chi connectivity index (χ3n) is 7.08. The minimum Gasteiger partial charge on any atom is -0.341 e. The van der Waals surface area contributed by atoms with Crippen LogP contribution in [0.1, 0.15) is 61.2 Å². The van der Waals surface area contributed by atoms with Gasteiger partial charge in [-0.2, -0.15) is 5.10 Å². The topological polar surface area (TPSA) is 58.4 Å². The molecule has 2 aromatic carbocycles. The summed E-state index contributed by atoms with van der Waals surface area (Å²) >= 11 is 1.28. The molecular formula is C29H32F2N4O2S. The SMILES string of the molecule is Cc1ccc(-n2nc(C(C)(C)C)c3c2N(CC(=O)N2CCCC2)C(=O)CSC3c2ccc(F)cc2F)cc1. The Bertz CT molecular complexity index is 1370. The van der Waals surface area contributed by atoms with Gasteiger partial charge in [0.2, 0.25) is 11.8 Å². The first-order chi connectivity index (χ1) is 18.0. The number of halogens is 2. The lowest BCUT2D eigenvalue weighted by molar-refractivity contribution is -0.130. The van der Waals surface area contributed by atoms with E-state index in [2.05, 4.69) is 0 Å². The Kier molecular flexibility index (Phi) is 7.07. The number of fused-ring (bicyclic) bond motifs is 1. The van der Waals surface area contributed by atoms with Crippen molar-refractivity contribution in [3.8, 4) is 5.69 Å². The maximum absolute atomic E-state index is 15.2. The van der Waals surface area contributed by atoms with E-state index in [4.69, 9.17) is 5.10 Å². The van der Waals surface area contributed by atoms with Gasteiger partial charge in [0, 0.05) is 35.7 Å². The summed E-state index contributed by atoms with van der Waals surface area (Å²) in [4.78, 5) is 30.3. The van der Waals surface area contributed by atoms with Crippen LogP contribution >= 0.6 is 11.8 Å². The number of hydrogen-bond donors (Lipinski definition) is 0. The number of aromatic nitrogens is 2. The van der Waals surface area contributed by atoms with Gasteiger partial charge in [-0.3, -0.25) is 14.5 Å². The Labute approximate surface area is 226 Å². The number of benzene rings is 2. The first-order valence-electron chi connectivity index (χ1n) is 12.9. The van der Waals surface area contributed by atoms with E-state index in [-0.39, 0.29) is 29.7 Å². The van der Waals surface area contributed by atoms with E-state index in [9.17, 15) is 14.0 Å². The minimum absolute atomic E-state index is 0.0426.